The summed E-state index contributed by atoms with van der Waals surface area (Å²) in [6.07, 6.45) is 0.341. The van der Waals surface area contributed by atoms with Gasteiger partial charge in [-0.15, -0.1) is 15.3 Å². The average Bonchev–Trinajstić information content (AvgIpc) is 3.38. The number of fused-ring (bicyclic) bond motifs is 2. The number of phenolic OH excluding ortho intramolecular Hbond substituents is 1. The van der Waals surface area contributed by atoms with E-state index in [-0.39, 0.29) is 115 Å². The van der Waals surface area contributed by atoms with Crippen molar-refractivity contribution in [1.29, 1.82) is 0 Å². The Morgan fingerprint density at radius 2 is 1.06 bits per heavy atom. The monoisotopic (exact) mass is 1140 g/mol. The van der Waals surface area contributed by atoms with Gasteiger partial charge in [-0.2, -0.15) is 21.9 Å². The molecule has 0 radical (unpaired) electrons. The molecule has 4 N–H and O–H groups in total. The summed E-state index contributed by atoms with van der Waals surface area (Å²) in [4.78, 5) is 16.6. The molecule has 0 fully saturated rings. The third-order valence-corrected chi connectivity index (χ3v) is 13.8. The summed E-state index contributed by atoms with van der Waals surface area (Å²) in [5.74, 6) is -1.37. The van der Waals surface area contributed by atoms with Crippen molar-refractivity contribution in [2.24, 2.45) is 25.4 Å². The van der Waals surface area contributed by atoms with Gasteiger partial charge in [0.1, 0.15) is 28.6 Å². The van der Waals surface area contributed by atoms with E-state index in [2.05, 4.69) is 30.8 Å². The molecule has 8 aromatic carbocycles. The Hall–Kier alpha value is -6.72. The molecule has 0 bridgehead atoms. The Balaban J connectivity index is 0.000000246. The standard InChI is InChI=1S/2C27H24ClN3O6S.Ca/c2*1-3-19-23(38(34,35)36)13-12-22(28)24(19)30-31-25-20-11-6-5-8-16(20)14-21(26(25)32)27(33)29-17-9-7-10-18(15-17)37-4-2;/h2*5-15,32H,3-4H2,1-2H3,(H,29,33)(H,34,35,36);/q;;+2/p-2. The van der Waals surface area contributed by atoms with E-state index in [0.717, 1.165) is 0 Å². The number of hydrogen-bond donors (Lipinski definition) is 4. The molecule has 0 spiro atoms. The minimum absolute atomic E-state index is 0. The Morgan fingerprint density at radius 3 is 1.58 bits per heavy atom. The van der Waals surface area contributed by atoms with Crippen LogP contribution in [-0.2, 0) is 33.1 Å². The Labute approximate surface area is 483 Å². The summed E-state index contributed by atoms with van der Waals surface area (Å²) in [6.45, 7) is 7.93. The zero-order valence-corrected chi connectivity index (χ0v) is 46.9. The second kappa shape index (κ2) is 26.1. The number of amides is 1. The van der Waals surface area contributed by atoms with Gasteiger partial charge in [0, 0.05) is 39.7 Å². The second-order valence-electron chi connectivity index (χ2n) is 16.2. The molecule has 0 aliphatic heterocycles. The molecule has 23 heteroatoms. The van der Waals surface area contributed by atoms with Crippen LogP contribution < -0.4 is 25.0 Å². The van der Waals surface area contributed by atoms with Crippen LogP contribution in [0.5, 0.6) is 23.0 Å². The number of ether oxygens (including phenoxy) is 2. The van der Waals surface area contributed by atoms with Gasteiger partial charge >= 0.3 is 37.7 Å². The number of hydrogen-bond acceptors (Lipinski definition) is 15. The predicted octanol–water partition coefficient (Wildman–Crippen LogP) is 12.3. The van der Waals surface area contributed by atoms with Gasteiger partial charge in [0.05, 0.1) is 50.0 Å². The topological polar surface area (TPSA) is 284 Å². The van der Waals surface area contributed by atoms with Crippen molar-refractivity contribution in [3.8, 4) is 23.0 Å². The number of aliphatic imine (C=N–C) groups is 1. The molecule has 8 aromatic rings. The van der Waals surface area contributed by atoms with E-state index in [0.29, 0.717) is 57.6 Å². The molecule has 0 heterocycles. The molecule has 1 amide bonds. The van der Waals surface area contributed by atoms with E-state index in [1.165, 1.54) is 36.4 Å². The number of carbonyl (C=O) groups excluding carboxylic acids is 1. The van der Waals surface area contributed by atoms with E-state index in [1.54, 1.807) is 111 Å². The summed E-state index contributed by atoms with van der Waals surface area (Å²) in [6, 6.07) is 35.1. The maximum absolute atomic E-state index is 13.4. The van der Waals surface area contributed by atoms with Gasteiger partial charge in [-0.3, -0.25) is 18.9 Å². The van der Waals surface area contributed by atoms with E-state index in [4.69, 9.17) is 32.7 Å². The predicted molar refractivity (Wildman–Crippen MR) is 294 cm³/mol. The van der Waals surface area contributed by atoms with Crippen LogP contribution in [0.2, 0.25) is 10.0 Å². The minimum Gasteiger partial charge on any atom is -0.871 e. The summed E-state index contributed by atoms with van der Waals surface area (Å²) in [5, 5.41) is 59.3. The Bertz CT molecular complexity index is 3860. The fourth-order valence-electron chi connectivity index (χ4n) is 7.94. The smallest absolute Gasteiger partial charge is 0.871 e. The number of halogens is 2. The maximum Gasteiger partial charge on any atom is 2.00 e. The van der Waals surface area contributed by atoms with Crippen LogP contribution in [0, 0.1) is 0 Å². The van der Waals surface area contributed by atoms with Crippen molar-refractivity contribution in [1.82, 2.24) is 0 Å². The van der Waals surface area contributed by atoms with E-state index in [1.807, 2.05) is 13.8 Å². The molecule has 0 saturated carbocycles. The first-order chi connectivity index (χ1) is 36.3. The fraction of sp³-hybridized carbons (Fsp3) is 0.148. The van der Waals surface area contributed by atoms with Gasteiger partial charge < -0.3 is 30.1 Å². The van der Waals surface area contributed by atoms with Crippen molar-refractivity contribution in [3.63, 3.8) is 0 Å². The van der Waals surface area contributed by atoms with Gasteiger partial charge in [-0.05, 0) is 110 Å². The van der Waals surface area contributed by atoms with Crippen LogP contribution in [0.3, 0.4) is 0 Å². The first kappa shape index (κ1) is 59.5. The molecule has 0 aliphatic carbocycles. The molecule has 392 valence electrons. The molecule has 0 aromatic heterocycles. The van der Waals surface area contributed by atoms with Crippen LogP contribution in [0.15, 0.2) is 169 Å². The number of rotatable bonds is 16. The quantitative estimate of drug-likeness (QED) is 0.0231. The first-order valence-electron chi connectivity index (χ1n) is 23.2. The van der Waals surface area contributed by atoms with Gasteiger partial charge in [-0.25, -0.2) is 0 Å². The number of nitrogens with zero attached hydrogens (tertiary/aromatic N) is 5. The van der Waals surface area contributed by atoms with Crippen molar-refractivity contribution in [2.75, 3.05) is 18.5 Å². The normalized spacial score (nSPS) is 11.9. The fourth-order valence-corrected chi connectivity index (χ4v) is 9.95. The molecule has 0 atom stereocenters. The number of azo groups is 2. The third kappa shape index (κ3) is 14.1. The van der Waals surface area contributed by atoms with Gasteiger partial charge in [0.15, 0.2) is 5.75 Å². The second-order valence-corrected chi connectivity index (χ2v) is 19.8. The maximum atomic E-state index is 13.4. The molecular weight excluding hydrogens is 1100 g/mol. The number of carbonyl (C=O) groups is 1. The molecule has 0 saturated heterocycles. The van der Waals surface area contributed by atoms with Crippen molar-refractivity contribution in [2.45, 2.75) is 50.3 Å². The minimum atomic E-state index is -4.55. The Kier molecular flexibility index (Phi) is 20.2. The number of aromatic hydroxyl groups is 1. The van der Waals surface area contributed by atoms with Gasteiger partial charge in [0.25, 0.3) is 26.1 Å². The van der Waals surface area contributed by atoms with Crippen molar-refractivity contribution < 1.29 is 55.5 Å². The van der Waals surface area contributed by atoms with E-state index in [9.17, 15) is 46.1 Å². The van der Waals surface area contributed by atoms with Crippen molar-refractivity contribution >= 4 is 149 Å². The van der Waals surface area contributed by atoms with E-state index < -0.39 is 43.5 Å². The Morgan fingerprint density at radius 1 is 0.597 bits per heavy atom. The van der Waals surface area contributed by atoms with Gasteiger partial charge in [-0.1, -0.05) is 103 Å². The molecule has 77 heavy (non-hydrogen) atoms. The largest absolute Gasteiger partial charge is 2.00 e. The summed E-state index contributed by atoms with van der Waals surface area (Å²) >= 11 is 12.6. The SMILES string of the molecule is CCOc1cccc(N=C([O-])c2cc3ccccc3c(N=Nc3c(Cl)ccc(S(=O)(=O)O)c3CC)c2[O-])c1.CCOc1cccc(NC(=O)c2cc3ccccc3c(N=Nc3c(Cl)ccc(S(=O)(=O)O)c3CC)c2O)c1.[Ca+2]. The number of phenols is 1. The van der Waals surface area contributed by atoms with E-state index >= 15 is 0 Å². The van der Waals surface area contributed by atoms with Gasteiger partial charge in [0.2, 0.25) is 0 Å². The molecule has 8 rings (SSSR count). The molecule has 0 unspecified atom stereocenters. The zero-order valence-electron chi connectivity index (χ0n) is 41.6. The molecular formula is C54H46CaCl2N6O12S2. The van der Waals surface area contributed by atoms with Crippen molar-refractivity contribution in [3.05, 3.63) is 166 Å². The molecule has 0 aliphatic rings. The van der Waals surface area contributed by atoms with Crippen LogP contribution in [0.1, 0.15) is 54.7 Å². The zero-order chi connectivity index (χ0) is 54.9. The average molecular weight is 1150 g/mol. The number of benzene rings is 8. The number of anilines is 1. The van der Waals surface area contributed by atoms with Crippen LogP contribution in [0.4, 0.5) is 34.1 Å². The van der Waals surface area contributed by atoms with Crippen LogP contribution in [-0.4, -0.2) is 93.8 Å². The number of nitrogens with one attached hydrogen (secondary N) is 1. The summed E-state index contributed by atoms with van der Waals surface area (Å²) in [5.41, 5.74) is 0.689. The summed E-state index contributed by atoms with van der Waals surface area (Å²) < 4.78 is 77.5. The summed E-state index contributed by atoms with van der Waals surface area (Å²) in [7, 11) is -9.09. The molecule has 18 nitrogen and oxygen atoms in total. The third-order valence-electron chi connectivity index (χ3n) is 11.4. The van der Waals surface area contributed by atoms with Crippen LogP contribution in [0.25, 0.3) is 21.5 Å². The first-order valence-corrected chi connectivity index (χ1v) is 26.8. The van der Waals surface area contributed by atoms with Crippen LogP contribution >= 0.6 is 23.2 Å².